The maximum Gasteiger partial charge on any atom is 0.319 e. The van der Waals surface area contributed by atoms with Gasteiger partial charge in [0.15, 0.2) is 0 Å². The molecule has 0 aliphatic heterocycles. The van der Waals surface area contributed by atoms with Gasteiger partial charge in [-0.2, -0.15) is 0 Å². The summed E-state index contributed by atoms with van der Waals surface area (Å²) in [4.78, 5) is 12.5. The van der Waals surface area contributed by atoms with E-state index in [2.05, 4.69) is 10.6 Å². The van der Waals surface area contributed by atoms with Gasteiger partial charge >= 0.3 is 6.03 Å². The van der Waals surface area contributed by atoms with E-state index in [1.807, 2.05) is 12.3 Å². The van der Waals surface area contributed by atoms with E-state index in [4.69, 9.17) is 16.7 Å². The Labute approximate surface area is 110 Å². The second-order valence-corrected chi connectivity index (χ2v) is 4.81. The summed E-state index contributed by atoms with van der Waals surface area (Å²) < 4.78 is 0. The molecule has 0 aromatic heterocycles. The smallest absolute Gasteiger partial charge is 0.319 e. The molecule has 1 rings (SSSR count). The molecule has 6 heteroatoms. The van der Waals surface area contributed by atoms with Crippen LogP contribution in [0.4, 0.5) is 10.5 Å². The largest absolute Gasteiger partial charge is 0.394 e. The van der Waals surface area contributed by atoms with Crippen LogP contribution in [-0.2, 0) is 0 Å². The minimum atomic E-state index is -0.357. The Morgan fingerprint density at radius 3 is 2.88 bits per heavy atom. The van der Waals surface area contributed by atoms with Crippen molar-refractivity contribution in [1.29, 1.82) is 0 Å². The Balaban J connectivity index is 2.73. The molecule has 0 bridgehead atoms. The van der Waals surface area contributed by atoms with Gasteiger partial charge in [-0.15, -0.1) is 11.8 Å². The first-order valence-electron chi connectivity index (χ1n) is 5.08. The standard InChI is InChI=1S/C11H15ClN2O2S/c1-7(6-15)13-11(16)14-9-5-8(12)3-4-10(9)17-2/h3-5,7,15H,6H2,1-2H3,(H2,13,14,16). The van der Waals surface area contributed by atoms with Crippen LogP contribution < -0.4 is 10.6 Å². The average Bonchev–Trinajstić information content (AvgIpc) is 2.29. The molecule has 0 spiro atoms. The Bertz CT molecular complexity index is 401. The zero-order chi connectivity index (χ0) is 12.8. The predicted octanol–water partition coefficient (Wildman–Crippen LogP) is 2.56. The van der Waals surface area contributed by atoms with Crippen molar-refractivity contribution < 1.29 is 9.90 Å². The van der Waals surface area contributed by atoms with Gasteiger partial charge in [-0.25, -0.2) is 4.79 Å². The van der Waals surface area contributed by atoms with Crippen LogP contribution in [0.3, 0.4) is 0 Å². The van der Waals surface area contributed by atoms with Crippen molar-refractivity contribution in [3.63, 3.8) is 0 Å². The van der Waals surface area contributed by atoms with E-state index in [0.29, 0.717) is 10.7 Å². The summed E-state index contributed by atoms with van der Waals surface area (Å²) in [6.07, 6.45) is 1.92. The monoisotopic (exact) mass is 274 g/mol. The number of hydrogen-bond donors (Lipinski definition) is 3. The number of aliphatic hydroxyl groups excluding tert-OH is 1. The van der Waals surface area contributed by atoms with Gasteiger partial charge in [-0.3, -0.25) is 0 Å². The molecule has 0 radical (unpaired) electrons. The Morgan fingerprint density at radius 2 is 2.29 bits per heavy atom. The Morgan fingerprint density at radius 1 is 1.59 bits per heavy atom. The lowest BCUT2D eigenvalue weighted by molar-refractivity contribution is 0.229. The van der Waals surface area contributed by atoms with Crippen molar-refractivity contribution in [3.8, 4) is 0 Å². The molecular formula is C11H15ClN2O2S. The lowest BCUT2D eigenvalue weighted by Gasteiger charge is -2.14. The first-order valence-corrected chi connectivity index (χ1v) is 6.69. The molecule has 1 aromatic rings. The zero-order valence-electron chi connectivity index (χ0n) is 9.66. The Hall–Kier alpha value is -0.910. The fourth-order valence-electron chi connectivity index (χ4n) is 1.21. The van der Waals surface area contributed by atoms with Crippen LogP contribution in [0.5, 0.6) is 0 Å². The van der Waals surface area contributed by atoms with Crippen molar-refractivity contribution in [3.05, 3.63) is 23.2 Å². The number of rotatable bonds is 4. The van der Waals surface area contributed by atoms with Crippen molar-refractivity contribution in [2.75, 3.05) is 18.2 Å². The third-order valence-electron chi connectivity index (χ3n) is 2.06. The van der Waals surface area contributed by atoms with Gasteiger partial charge in [0, 0.05) is 9.92 Å². The second kappa shape index (κ2) is 6.74. The third kappa shape index (κ3) is 4.46. The number of urea groups is 1. The summed E-state index contributed by atoms with van der Waals surface area (Å²) in [5.41, 5.74) is 0.660. The summed E-state index contributed by atoms with van der Waals surface area (Å²) in [6.45, 7) is 1.62. The number of hydrogen-bond acceptors (Lipinski definition) is 3. The van der Waals surface area contributed by atoms with Gasteiger partial charge < -0.3 is 15.7 Å². The number of carbonyl (C=O) groups is 1. The molecule has 0 aliphatic carbocycles. The van der Waals surface area contributed by atoms with Gasteiger partial charge in [0.1, 0.15) is 0 Å². The first kappa shape index (κ1) is 14.2. The highest BCUT2D eigenvalue weighted by Crippen LogP contribution is 2.28. The molecule has 0 heterocycles. The maximum absolute atomic E-state index is 11.6. The van der Waals surface area contributed by atoms with Crippen LogP contribution >= 0.6 is 23.4 Å². The zero-order valence-corrected chi connectivity index (χ0v) is 11.2. The Kier molecular flexibility index (Phi) is 5.61. The normalized spacial score (nSPS) is 12.0. The van der Waals surface area contributed by atoms with Crippen LogP contribution in [0.2, 0.25) is 5.02 Å². The predicted molar refractivity (Wildman–Crippen MR) is 71.9 cm³/mol. The summed E-state index contributed by atoms with van der Waals surface area (Å²) >= 11 is 7.39. The molecule has 2 amide bonds. The molecule has 1 atom stereocenters. The topological polar surface area (TPSA) is 61.4 Å². The number of nitrogens with one attached hydrogen (secondary N) is 2. The lowest BCUT2D eigenvalue weighted by atomic mass is 10.3. The molecule has 17 heavy (non-hydrogen) atoms. The van der Waals surface area contributed by atoms with E-state index < -0.39 is 0 Å². The van der Waals surface area contributed by atoms with Gasteiger partial charge in [0.05, 0.1) is 18.3 Å². The number of benzene rings is 1. The highest BCUT2D eigenvalue weighted by atomic mass is 35.5. The number of thioether (sulfide) groups is 1. The van der Waals surface area contributed by atoms with Crippen LogP contribution in [0.15, 0.2) is 23.1 Å². The number of halogens is 1. The quantitative estimate of drug-likeness (QED) is 0.740. The van der Waals surface area contributed by atoms with Crippen molar-refractivity contribution in [1.82, 2.24) is 5.32 Å². The summed E-state index contributed by atoms with van der Waals surface area (Å²) in [6, 6.07) is 4.66. The van der Waals surface area contributed by atoms with Crippen LogP contribution in [0.25, 0.3) is 0 Å². The molecule has 0 aliphatic rings. The molecule has 1 aromatic carbocycles. The van der Waals surface area contributed by atoms with Crippen LogP contribution in [0.1, 0.15) is 6.92 Å². The summed E-state index contributed by atoms with van der Waals surface area (Å²) in [5.74, 6) is 0. The molecular weight excluding hydrogens is 260 g/mol. The first-order chi connectivity index (χ1) is 8.06. The highest BCUT2D eigenvalue weighted by Gasteiger charge is 2.09. The SMILES string of the molecule is CSc1ccc(Cl)cc1NC(=O)NC(C)CO. The van der Waals surface area contributed by atoms with Gasteiger partial charge in [-0.05, 0) is 31.4 Å². The van der Waals surface area contributed by atoms with E-state index in [-0.39, 0.29) is 18.7 Å². The van der Waals surface area contributed by atoms with Crippen LogP contribution in [-0.4, -0.2) is 30.0 Å². The number of aliphatic hydroxyl groups is 1. The highest BCUT2D eigenvalue weighted by molar-refractivity contribution is 7.98. The third-order valence-corrected chi connectivity index (χ3v) is 3.09. The van der Waals surface area contributed by atoms with E-state index in [1.54, 1.807) is 19.1 Å². The van der Waals surface area contributed by atoms with E-state index >= 15 is 0 Å². The van der Waals surface area contributed by atoms with E-state index in [0.717, 1.165) is 4.90 Å². The minimum absolute atomic E-state index is 0.0989. The lowest BCUT2D eigenvalue weighted by Crippen LogP contribution is -2.38. The fraction of sp³-hybridized carbons (Fsp3) is 0.364. The number of anilines is 1. The molecule has 0 fully saturated rings. The van der Waals surface area contributed by atoms with Crippen molar-refractivity contribution in [2.24, 2.45) is 0 Å². The fourth-order valence-corrected chi connectivity index (χ4v) is 1.91. The number of carbonyl (C=O) groups excluding carboxylic acids is 1. The van der Waals surface area contributed by atoms with E-state index in [9.17, 15) is 4.79 Å². The van der Waals surface area contributed by atoms with Gasteiger partial charge in [0.2, 0.25) is 0 Å². The molecule has 0 saturated heterocycles. The summed E-state index contributed by atoms with van der Waals surface area (Å²) in [5, 5.41) is 14.7. The maximum atomic E-state index is 11.6. The van der Waals surface area contributed by atoms with Crippen LogP contribution in [0, 0.1) is 0 Å². The second-order valence-electron chi connectivity index (χ2n) is 3.53. The summed E-state index contributed by atoms with van der Waals surface area (Å²) in [7, 11) is 0. The van der Waals surface area contributed by atoms with Gasteiger partial charge in [0.25, 0.3) is 0 Å². The molecule has 0 saturated carbocycles. The molecule has 3 N–H and O–H groups in total. The molecule has 94 valence electrons. The van der Waals surface area contributed by atoms with Gasteiger partial charge in [-0.1, -0.05) is 11.6 Å². The molecule has 1 unspecified atom stereocenters. The molecule has 4 nitrogen and oxygen atoms in total. The van der Waals surface area contributed by atoms with Crippen molar-refractivity contribution in [2.45, 2.75) is 17.9 Å². The van der Waals surface area contributed by atoms with Crippen molar-refractivity contribution >= 4 is 35.1 Å². The minimum Gasteiger partial charge on any atom is -0.394 e. The van der Waals surface area contributed by atoms with E-state index in [1.165, 1.54) is 11.8 Å². The average molecular weight is 275 g/mol. The number of amides is 2.